The van der Waals surface area contributed by atoms with E-state index in [0.717, 1.165) is 18.4 Å². The van der Waals surface area contributed by atoms with Gasteiger partial charge in [-0.15, -0.1) is 0 Å². The lowest BCUT2D eigenvalue weighted by Gasteiger charge is -2.44. The Hall–Kier alpha value is -1.02. The molecule has 1 aromatic carbocycles. The zero-order valence-corrected chi connectivity index (χ0v) is 11.9. The van der Waals surface area contributed by atoms with Crippen molar-refractivity contribution < 1.29 is 5.11 Å². The zero-order valence-electron chi connectivity index (χ0n) is 11.9. The highest BCUT2D eigenvalue weighted by molar-refractivity contribution is 5.29. The summed E-state index contributed by atoms with van der Waals surface area (Å²) in [7, 11) is 0. The Labute approximate surface area is 111 Å². The first-order chi connectivity index (χ1) is 8.49. The smallest absolute Gasteiger partial charge is 0.115 e. The van der Waals surface area contributed by atoms with Crippen LogP contribution in [0.2, 0.25) is 0 Å². The average molecular weight is 247 g/mol. The molecule has 1 saturated heterocycles. The number of hydrogen-bond donors (Lipinski definition) is 1. The molecule has 1 fully saturated rings. The minimum absolute atomic E-state index is 0.366. The number of hydrogen-bond acceptors (Lipinski definition) is 2. The highest BCUT2D eigenvalue weighted by atomic mass is 16.3. The summed E-state index contributed by atoms with van der Waals surface area (Å²) in [6.45, 7) is 10.4. The molecule has 0 aliphatic carbocycles. The number of likely N-dealkylation sites (tertiary alicyclic amines) is 1. The van der Waals surface area contributed by atoms with E-state index in [4.69, 9.17) is 0 Å². The summed E-state index contributed by atoms with van der Waals surface area (Å²) in [4.78, 5) is 2.58. The van der Waals surface area contributed by atoms with Crippen LogP contribution in [0, 0.1) is 11.8 Å². The van der Waals surface area contributed by atoms with Gasteiger partial charge in [0.1, 0.15) is 5.75 Å². The van der Waals surface area contributed by atoms with Crippen LogP contribution in [0.15, 0.2) is 24.3 Å². The van der Waals surface area contributed by atoms with Gasteiger partial charge in [-0.05, 0) is 49.8 Å². The standard InChI is InChI=1S/C16H25NO/c1-11-8-12(2)13(3)17(10-11)14(4)15-6-5-7-16(18)9-15/h5-7,9,11-14,18H,8,10H2,1-4H3. The van der Waals surface area contributed by atoms with Crippen LogP contribution in [-0.2, 0) is 0 Å². The number of aromatic hydroxyl groups is 1. The number of rotatable bonds is 2. The summed E-state index contributed by atoms with van der Waals surface area (Å²) in [5.41, 5.74) is 1.21. The largest absolute Gasteiger partial charge is 0.508 e. The normalized spacial score (nSPS) is 31.2. The topological polar surface area (TPSA) is 23.5 Å². The summed E-state index contributed by atoms with van der Waals surface area (Å²) in [5, 5.41) is 9.61. The van der Waals surface area contributed by atoms with Gasteiger partial charge in [0.05, 0.1) is 0 Å². The van der Waals surface area contributed by atoms with E-state index in [1.165, 1.54) is 12.0 Å². The maximum Gasteiger partial charge on any atom is 0.115 e. The third kappa shape index (κ3) is 2.69. The molecule has 2 heteroatoms. The molecule has 1 heterocycles. The molecule has 4 atom stereocenters. The maximum atomic E-state index is 9.61. The summed E-state index contributed by atoms with van der Waals surface area (Å²) >= 11 is 0. The van der Waals surface area contributed by atoms with E-state index >= 15 is 0 Å². The summed E-state index contributed by atoms with van der Waals surface area (Å²) < 4.78 is 0. The fourth-order valence-corrected chi connectivity index (χ4v) is 3.25. The molecule has 1 aromatic rings. The number of phenols is 1. The van der Waals surface area contributed by atoms with Gasteiger partial charge >= 0.3 is 0 Å². The molecule has 0 aromatic heterocycles. The van der Waals surface area contributed by atoms with Crippen molar-refractivity contribution in [3.05, 3.63) is 29.8 Å². The van der Waals surface area contributed by atoms with Gasteiger partial charge < -0.3 is 5.11 Å². The van der Waals surface area contributed by atoms with Crippen LogP contribution in [0.5, 0.6) is 5.75 Å². The molecule has 4 unspecified atom stereocenters. The SMILES string of the molecule is CC1CC(C)C(C)N(C(C)c2cccc(O)c2)C1. The third-order valence-corrected chi connectivity index (χ3v) is 4.49. The predicted molar refractivity (Wildman–Crippen MR) is 75.6 cm³/mol. The van der Waals surface area contributed by atoms with E-state index in [-0.39, 0.29) is 0 Å². The molecule has 18 heavy (non-hydrogen) atoms. The van der Waals surface area contributed by atoms with Crippen molar-refractivity contribution in [2.45, 2.75) is 46.2 Å². The number of nitrogens with zero attached hydrogens (tertiary/aromatic N) is 1. The van der Waals surface area contributed by atoms with Gasteiger partial charge in [0, 0.05) is 18.6 Å². The minimum atomic E-state index is 0.366. The van der Waals surface area contributed by atoms with Crippen LogP contribution in [-0.4, -0.2) is 22.6 Å². The fourth-order valence-electron chi connectivity index (χ4n) is 3.25. The van der Waals surface area contributed by atoms with Crippen LogP contribution >= 0.6 is 0 Å². The summed E-state index contributed by atoms with van der Waals surface area (Å²) in [6.07, 6.45) is 1.32. The van der Waals surface area contributed by atoms with Gasteiger partial charge in [-0.25, -0.2) is 0 Å². The minimum Gasteiger partial charge on any atom is -0.508 e. The molecule has 0 radical (unpaired) electrons. The van der Waals surface area contributed by atoms with Gasteiger partial charge in [0.25, 0.3) is 0 Å². The second-order valence-corrected chi connectivity index (χ2v) is 6.03. The second-order valence-electron chi connectivity index (χ2n) is 6.03. The number of piperidine rings is 1. The highest BCUT2D eigenvalue weighted by Crippen LogP contribution is 2.34. The quantitative estimate of drug-likeness (QED) is 0.858. The van der Waals surface area contributed by atoms with Crippen molar-refractivity contribution >= 4 is 0 Å². The molecule has 0 spiro atoms. The molecule has 2 nitrogen and oxygen atoms in total. The zero-order chi connectivity index (χ0) is 13.3. The Morgan fingerprint density at radius 1 is 1.28 bits per heavy atom. The molecule has 0 bridgehead atoms. The van der Waals surface area contributed by atoms with E-state index in [1.807, 2.05) is 12.1 Å². The molecule has 100 valence electrons. The van der Waals surface area contributed by atoms with Gasteiger partial charge in [0.15, 0.2) is 0 Å². The Morgan fingerprint density at radius 3 is 2.67 bits per heavy atom. The summed E-state index contributed by atoms with van der Waals surface area (Å²) in [5.74, 6) is 1.87. The van der Waals surface area contributed by atoms with E-state index in [0.29, 0.717) is 17.8 Å². The first kappa shape index (κ1) is 13.4. The van der Waals surface area contributed by atoms with Crippen LogP contribution in [0.25, 0.3) is 0 Å². The molecule has 1 aliphatic heterocycles. The molecular weight excluding hydrogens is 222 g/mol. The summed E-state index contributed by atoms with van der Waals surface area (Å²) in [6, 6.07) is 8.65. The van der Waals surface area contributed by atoms with Gasteiger partial charge in [-0.3, -0.25) is 4.90 Å². The Morgan fingerprint density at radius 2 is 2.00 bits per heavy atom. The molecule has 0 saturated carbocycles. The number of phenolic OH excluding ortho intramolecular Hbond substituents is 1. The van der Waals surface area contributed by atoms with Crippen molar-refractivity contribution in [1.82, 2.24) is 4.90 Å². The molecule has 1 aliphatic rings. The molecule has 0 amide bonds. The van der Waals surface area contributed by atoms with E-state index in [1.54, 1.807) is 6.07 Å². The lowest BCUT2D eigenvalue weighted by molar-refractivity contribution is 0.0460. The van der Waals surface area contributed by atoms with Crippen molar-refractivity contribution in [2.75, 3.05) is 6.54 Å². The highest BCUT2D eigenvalue weighted by Gasteiger charge is 2.32. The first-order valence-electron chi connectivity index (χ1n) is 7.03. The van der Waals surface area contributed by atoms with Gasteiger partial charge in [0.2, 0.25) is 0 Å². The van der Waals surface area contributed by atoms with E-state index in [2.05, 4.69) is 38.7 Å². The predicted octanol–water partition coefficient (Wildman–Crippen LogP) is 3.82. The van der Waals surface area contributed by atoms with E-state index < -0.39 is 0 Å². The lowest BCUT2D eigenvalue weighted by atomic mass is 9.84. The average Bonchev–Trinajstić information content (AvgIpc) is 2.33. The Kier molecular flexibility index (Phi) is 3.96. The van der Waals surface area contributed by atoms with Gasteiger partial charge in [-0.1, -0.05) is 26.0 Å². The van der Waals surface area contributed by atoms with Crippen molar-refractivity contribution in [2.24, 2.45) is 11.8 Å². The number of benzene rings is 1. The molecule has 2 rings (SSSR count). The third-order valence-electron chi connectivity index (χ3n) is 4.49. The lowest BCUT2D eigenvalue weighted by Crippen LogP contribution is -2.46. The van der Waals surface area contributed by atoms with Crippen molar-refractivity contribution in [1.29, 1.82) is 0 Å². The van der Waals surface area contributed by atoms with Crippen LogP contribution < -0.4 is 0 Å². The first-order valence-corrected chi connectivity index (χ1v) is 7.03. The maximum absolute atomic E-state index is 9.61. The van der Waals surface area contributed by atoms with E-state index in [9.17, 15) is 5.11 Å². The second kappa shape index (κ2) is 5.31. The van der Waals surface area contributed by atoms with Crippen LogP contribution in [0.4, 0.5) is 0 Å². The van der Waals surface area contributed by atoms with Crippen molar-refractivity contribution in [3.63, 3.8) is 0 Å². The van der Waals surface area contributed by atoms with Gasteiger partial charge in [-0.2, -0.15) is 0 Å². The molecule has 1 N–H and O–H groups in total. The Bertz CT molecular complexity index is 404. The fraction of sp³-hybridized carbons (Fsp3) is 0.625. The molecular formula is C16H25NO. The van der Waals surface area contributed by atoms with Crippen molar-refractivity contribution in [3.8, 4) is 5.75 Å². The Balaban J connectivity index is 2.19. The monoisotopic (exact) mass is 247 g/mol. The van der Waals surface area contributed by atoms with Crippen LogP contribution in [0.1, 0.15) is 45.7 Å². The van der Waals surface area contributed by atoms with Crippen LogP contribution in [0.3, 0.4) is 0 Å².